The number of esters is 1. The third-order valence-electron chi connectivity index (χ3n) is 3.70. The molecule has 0 bridgehead atoms. The first-order valence-electron chi connectivity index (χ1n) is 7.60. The number of carbonyl (C=O) groups is 1. The van der Waals surface area contributed by atoms with Crippen LogP contribution in [0.1, 0.15) is 30.7 Å². The first kappa shape index (κ1) is 19.4. The Balaban J connectivity index is 2.75. The van der Waals surface area contributed by atoms with Crippen LogP contribution in [0.5, 0.6) is 0 Å². The van der Waals surface area contributed by atoms with Crippen LogP contribution in [-0.2, 0) is 9.53 Å². The second-order valence-electron chi connectivity index (χ2n) is 7.29. The molecule has 0 spiro atoms. The van der Waals surface area contributed by atoms with E-state index < -0.39 is 13.5 Å². The van der Waals surface area contributed by atoms with Gasteiger partial charge in [0.05, 0.1) is 20.1 Å². The van der Waals surface area contributed by atoms with E-state index in [1.165, 1.54) is 10.8 Å². The molecule has 1 atom stereocenters. The van der Waals surface area contributed by atoms with Crippen LogP contribution in [0, 0.1) is 5.41 Å². The summed E-state index contributed by atoms with van der Waals surface area (Å²) in [6, 6.07) is 8.68. The van der Waals surface area contributed by atoms with Crippen molar-refractivity contribution in [3.05, 3.63) is 29.8 Å². The van der Waals surface area contributed by atoms with Crippen molar-refractivity contribution in [3.8, 4) is 0 Å². The Morgan fingerprint density at radius 1 is 1.27 bits per heavy atom. The third-order valence-corrected chi connectivity index (χ3v) is 6.62. The summed E-state index contributed by atoms with van der Waals surface area (Å²) in [5.41, 5.74) is 0.575. The molecule has 0 saturated carbocycles. The van der Waals surface area contributed by atoms with Gasteiger partial charge >= 0.3 is 5.97 Å². The number of aliphatic hydroxyl groups excluding tert-OH is 1. The molecule has 0 amide bonds. The number of halogens is 1. The summed E-state index contributed by atoms with van der Waals surface area (Å²) in [4.78, 5) is 12.1. The Morgan fingerprint density at radius 3 is 2.27 bits per heavy atom. The quantitative estimate of drug-likeness (QED) is 0.442. The summed E-state index contributed by atoms with van der Waals surface area (Å²) in [5.74, 6) is -0.273. The Hall–Kier alpha value is -0.653. The molecule has 0 aliphatic carbocycles. The summed E-state index contributed by atoms with van der Waals surface area (Å²) in [7, 11) is -1.28. The maximum Gasteiger partial charge on any atom is 0.311 e. The fourth-order valence-corrected chi connectivity index (χ4v) is 4.46. The van der Waals surface area contributed by atoms with Gasteiger partial charge in [0.1, 0.15) is 6.61 Å². The van der Waals surface area contributed by atoms with Gasteiger partial charge in [0.25, 0.3) is 0 Å². The highest BCUT2D eigenvalue weighted by Gasteiger charge is 2.32. The minimum absolute atomic E-state index is 0.0557. The summed E-state index contributed by atoms with van der Waals surface area (Å²) in [5, 5.41) is 10.2. The topological polar surface area (TPSA) is 46.5 Å². The Bertz CT molecular complexity index is 492. The minimum Gasteiger partial charge on any atom is -0.463 e. The Labute approximate surface area is 143 Å². The molecule has 1 unspecified atom stereocenters. The van der Waals surface area contributed by atoms with Crippen molar-refractivity contribution in [2.24, 2.45) is 5.41 Å². The largest absolute Gasteiger partial charge is 0.463 e. The first-order valence-corrected chi connectivity index (χ1v) is 12.0. The van der Waals surface area contributed by atoms with Crippen LogP contribution in [0.25, 0.3) is 0 Å². The minimum atomic E-state index is -1.28. The molecule has 0 aromatic heterocycles. The predicted octanol–water partition coefficient (Wildman–Crippen LogP) is 3.62. The maximum absolute atomic E-state index is 12.0. The van der Waals surface area contributed by atoms with Crippen molar-refractivity contribution < 1.29 is 14.6 Å². The van der Waals surface area contributed by atoms with Gasteiger partial charge in [0.15, 0.2) is 0 Å². The van der Waals surface area contributed by atoms with Gasteiger partial charge in [-0.25, -0.2) is 0 Å². The molecule has 0 saturated heterocycles. The first-order chi connectivity index (χ1) is 10.1. The lowest BCUT2D eigenvalue weighted by Crippen LogP contribution is -2.37. The summed E-state index contributed by atoms with van der Waals surface area (Å²) < 4.78 is 5.05. The highest BCUT2D eigenvalue weighted by molar-refractivity contribution is 9.09. The molecule has 22 heavy (non-hydrogen) atoms. The number of hydrogen-bond acceptors (Lipinski definition) is 3. The van der Waals surface area contributed by atoms with Crippen molar-refractivity contribution in [2.75, 3.05) is 13.2 Å². The summed E-state index contributed by atoms with van der Waals surface area (Å²) in [6.45, 7) is 10.6. The maximum atomic E-state index is 12.0. The zero-order valence-corrected chi connectivity index (χ0v) is 16.7. The molecule has 0 heterocycles. The van der Waals surface area contributed by atoms with E-state index in [0.29, 0.717) is 6.42 Å². The molecular weight excluding hydrogens is 360 g/mol. The van der Waals surface area contributed by atoms with Gasteiger partial charge in [0, 0.05) is 4.83 Å². The number of aliphatic hydroxyl groups is 1. The van der Waals surface area contributed by atoms with Crippen molar-refractivity contribution in [1.82, 2.24) is 0 Å². The smallest absolute Gasteiger partial charge is 0.311 e. The number of hydrogen-bond donors (Lipinski definition) is 1. The molecule has 1 aromatic carbocycles. The van der Waals surface area contributed by atoms with E-state index in [4.69, 9.17) is 9.84 Å². The van der Waals surface area contributed by atoms with Crippen molar-refractivity contribution in [3.63, 3.8) is 0 Å². The molecule has 0 aliphatic heterocycles. The van der Waals surface area contributed by atoms with Crippen molar-refractivity contribution in [1.29, 1.82) is 0 Å². The van der Waals surface area contributed by atoms with E-state index in [1.54, 1.807) is 0 Å². The Kier molecular flexibility index (Phi) is 6.83. The number of carbonyl (C=O) groups excluding carboxylic acids is 1. The SMILES string of the molecule is CC(C)(CC(Br)c1ccc([Si](C)(C)C)cc1)C(=O)OCCO. The van der Waals surface area contributed by atoms with Gasteiger partial charge in [-0.15, -0.1) is 0 Å². The predicted molar refractivity (Wildman–Crippen MR) is 97.5 cm³/mol. The number of ether oxygens (including phenoxy) is 1. The zero-order valence-electron chi connectivity index (χ0n) is 14.1. The van der Waals surface area contributed by atoms with E-state index in [2.05, 4.69) is 59.8 Å². The lowest BCUT2D eigenvalue weighted by Gasteiger charge is -2.25. The molecule has 3 nitrogen and oxygen atoms in total. The van der Waals surface area contributed by atoms with Crippen LogP contribution < -0.4 is 5.19 Å². The van der Waals surface area contributed by atoms with Crippen LogP contribution in [-0.4, -0.2) is 32.4 Å². The summed E-state index contributed by atoms with van der Waals surface area (Å²) in [6.07, 6.45) is 0.642. The van der Waals surface area contributed by atoms with Crippen LogP contribution in [0.2, 0.25) is 19.6 Å². The average Bonchev–Trinajstić information content (AvgIpc) is 2.43. The standard InChI is InChI=1S/C17H27BrO3Si/c1-17(2,16(20)21-11-10-19)12-15(18)13-6-8-14(9-7-13)22(3,4)5/h6-9,15,19H,10-12H2,1-5H3. The van der Waals surface area contributed by atoms with E-state index >= 15 is 0 Å². The lowest BCUT2D eigenvalue weighted by molar-refractivity contribution is -0.155. The molecule has 5 heteroatoms. The normalized spacial score (nSPS) is 13.8. The Morgan fingerprint density at radius 2 is 1.82 bits per heavy atom. The number of rotatable bonds is 7. The second-order valence-corrected chi connectivity index (χ2v) is 13.5. The number of alkyl halides is 1. The van der Waals surface area contributed by atoms with E-state index in [-0.39, 0.29) is 24.0 Å². The monoisotopic (exact) mass is 386 g/mol. The molecule has 0 radical (unpaired) electrons. The van der Waals surface area contributed by atoms with Gasteiger partial charge in [-0.3, -0.25) is 4.79 Å². The van der Waals surface area contributed by atoms with Crippen molar-refractivity contribution >= 4 is 35.2 Å². The van der Waals surface area contributed by atoms with E-state index in [9.17, 15) is 4.79 Å². The van der Waals surface area contributed by atoms with Gasteiger partial charge in [0.2, 0.25) is 0 Å². The zero-order chi connectivity index (χ0) is 17.0. The second kappa shape index (κ2) is 7.75. The van der Waals surface area contributed by atoms with Gasteiger partial charge in [-0.1, -0.05) is 65.0 Å². The fraction of sp³-hybridized carbons (Fsp3) is 0.588. The molecule has 0 aliphatic rings. The number of benzene rings is 1. The molecule has 1 rings (SSSR count). The van der Waals surface area contributed by atoms with Crippen LogP contribution >= 0.6 is 15.9 Å². The van der Waals surface area contributed by atoms with Crippen LogP contribution in [0.3, 0.4) is 0 Å². The molecule has 1 N–H and O–H groups in total. The van der Waals surface area contributed by atoms with Gasteiger partial charge < -0.3 is 9.84 Å². The molecular formula is C17H27BrO3Si. The highest BCUT2D eigenvalue weighted by Crippen LogP contribution is 2.36. The van der Waals surface area contributed by atoms with Gasteiger partial charge in [-0.2, -0.15) is 0 Å². The lowest BCUT2D eigenvalue weighted by atomic mass is 9.86. The van der Waals surface area contributed by atoms with Crippen molar-refractivity contribution in [2.45, 2.75) is 44.7 Å². The fourth-order valence-electron chi connectivity index (χ4n) is 2.17. The van der Waals surface area contributed by atoms with Crippen LogP contribution in [0.15, 0.2) is 24.3 Å². The third kappa shape index (κ3) is 5.52. The van der Waals surface area contributed by atoms with Gasteiger partial charge in [-0.05, 0) is 25.8 Å². The summed E-state index contributed by atoms with van der Waals surface area (Å²) >= 11 is 3.69. The van der Waals surface area contributed by atoms with E-state index in [1.807, 2.05) is 13.8 Å². The van der Waals surface area contributed by atoms with Crippen LogP contribution in [0.4, 0.5) is 0 Å². The average molecular weight is 387 g/mol. The highest BCUT2D eigenvalue weighted by atomic mass is 79.9. The van der Waals surface area contributed by atoms with E-state index in [0.717, 1.165) is 0 Å². The molecule has 1 aromatic rings. The molecule has 0 fully saturated rings. The molecule has 124 valence electrons.